The highest BCUT2D eigenvalue weighted by atomic mass is 16.5. The molecule has 1 N–H and O–H groups in total. The van der Waals surface area contributed by atoms with Crippen molar-refractivity contribution in [3.8, 4) is 5.75 Å². The van der Waals surface area contributed by atoms with Gasteiger partial charge in [-0.2, -0.15) is 0 Å². The number of ether oxygens (including phenoxy) is 1. The van der Waals surface area contributed by atoms with E-state index in [-0.39, 0.29) is 30.3 Å². The minimum atomic E-state index is -0.679. The van der Waals surface area contributed by atoms with Crippen LogP contribution >= 0.6 is 0 Å². The molecule has 7 heteroatoms. The van der Waals surface area contributed by atoms with Crippen LogP contribution in [-0.2, 0) is 9.59 Å². The highest BCUT2D eigenvalue weighted by Crippen LogP contribution is 2.35. The fourth-order valence-electron chi connectivity index (χ4n) is 5.08. The molecule has 1 aromatic rings. The monoisotopic (exact) mass is 427 g/mol. The summed E-state index contributed by atoms with van der Waals surface area (Å²) < 4.78 is 6.44. The van der Waals surface area contributed by atoms with Crippen molar-refractivity contribution >= 4 is 17.7 Å². The van der Waals surface area contributed by atoms with Crippen molar-refractivity contribution in [2.45, 2.75) is 63.5 Å². The Bertz CT molecular complexity index is 857. The molecule has 2 fully saturated rings. The fourth-order valence-corrected chi connectivity index (χ4v) is 5.08. The predicted octanol–water partition coefficient (Wildman–Crippen LogP) is 2.60. The van der Waals surface area contributed by atoms with Gasteiger partial charge in [0.1, 0.15) is 17.9 Å². The van der Waals surface area contributed by atoms with Crippen LogP contribution in [0, 0.1) is 5.92 Å². The van der Waals surface area contributed by atoms with Crippen LogP contribution in [0.25, 0.3) is 0 Å². The number of rotatable bonds is 3. The molecule has 4 rings (SSSR count). The third-order valence-electron chi connectivity index (χ3n) is 7.13. The molecule has 1 aliphatic carbocycles. The minimum Gasteiger partial charge on any atom is -0.485 e. The van der Waals surface area contributed by atoms with E-state index in [1.807, 2.05) is 12.1 Å². The van der Waals surface area contributed by atoms with E-state index in [0.29, 0.717) is 49.6 Å². The van der Waals surface area contributed by atoms with Gasteiger partial charge >= 0.3 is 0 Å². The normalized spacial score (nSPS) is 29.1. The third-order valence-corrected chi connectivity index (χ3v) is 7.13. The summed E-state index contributed by atoms with van der Waals surface area (Å²) in [5, 5.41) is 3.16. The summed E-state index contributed by atoms with van der Waals surface area (Å²) in [6.45, 7) is 3.05. The second kappa shape index (κ2) is 8.89. The Morgan fingerprint density at radius 2 is 1.97 bits per heavy atom. The second-order valence-corrected chi connectivity index (χ2v) is 9.44. The molecule has 0 unspecified atom stereocenters. The Hall–Kier alpha value is -2.57. The van der Waals surface area contributed by atoms with E-state index in [1.54, 1.807) is 29.0 Å². The lowest BCUT2D eigenvalue weighted by molar-refractivity contribution is -0.129. The molecular formula is C24H33N3O4. The Kier molecular flexibility index (Phi) is 6.21. The minimum absolute atomic E-state index is 0.00524. The van der Waals surface area contributed by atoms with Gasteiger partial charge in [0, 0.05) is 32.5 Å². The first-order chi connectivity index (χ1) is 14.9. The van der Waals surface area contributed by atoms with Gasteiger partial charge in [0.05, 0.1) is 12.1 Å². The van der Waals surface area contributed by atoms with Gasteiger partial charge in [-0.3, -0.25) is 14.4 Å². The highest BCUT2D eigenvalue weighted by Gasteiger charge is 2.43. The van der Waals surface area contributed by atoms with Gasteiger partial charge < -0.3 is 19.9 Å². The van der Waals surface area contributed by atoms with E-state index in [9.17, 15) is 14.4 Å². The number of nitrogens with one attached hydrogen (secondary N) is 1. The quantitative estimate of drug-likeness (QED) is 0.804. The number of likely N-dealkylation sites (tertiary alicyclic amines) is 1. The molecule has 2 aliphatic heterocycles. The van der Waals surface area contributed by atoms with E-state index >= 15 is 0 Å². The first-order valence-electron chi connectivity index (χ1n) is 11.5. The van der Waals surface area contributed by atoms with Crippen LogP contribution in [-0.4, -0.2) is 65.8 Å². The summed E-state index contributed by atoms with van der Waals surface area (Å²) in [4.78, 5) is 41.9. The van der Waals surface area contributed by atoms with E-state index in [2.05, 4.69) is 12.2 Å². The first kappa shape index (κ1) is 21.7. The largest absolute Gasteiger partial charge is 0.485 e. The Morgan fingerprint density at radius 1 is 1.19 bits per heavy atom. The molecule has 1 spiro atoms. The molecule has 0 bridgehead atoms. The average molecular weight is 428 g/mol. The maximum absolute atomic E-state index is 13.4. The molecular weight excluding hydrogens is 394 g/mol. The first-order valence-corrected chi connectivity index (χ1v) is 11.5. The summed E-state index contributed by atoms with van der Waals surface area (Å²) in [5.74, 6) is 0.760. The Morgan fingerprint density at radius 3 is 2.77 bits per heavy atom. The third kappa shape index (κ3) is 4.70. The van der Waals surface area contributed by atoms with Gasteiger partial charge in [-0.15, -0.1) is 0 Å². The van der Waals surface area contributed by atoms with E-state index in [0.717, 1.165) is 19.3 Å². The number of fused-ring (bicyclic) bond motifs is 1. The van der Waals surface area contributed by atoms with Crippen molar-refractivity contribution in [3.63, 3.8) is 0 Å². The lowest BCUT2D eigenvalue weighted by Crippen LogP contribution is -2.52. The molecule has 1 aromatic carbocycles. The van der Waals surface area contributed by atoms with Crippen LogP contribution in [0.2, 0.25) is 0 Å². The SMILES string of the molecule is C[C@H]1CCCC[C@H]1NC(=O)CN1C[C@@]2(CCC(=O)N(C)CC2)Oc2ccccc2C1=O. The lowest BCUT2D eigenvalue weighted by atomic mass is 9.86. The second-order valence-electron chi connectivity index (χ2n) is 9.44. The van der Waals surface area contributed by atoms with E-state index in [4.69, 9.17) is 4.74 Å². The number of amides is 3. The van der Waals surface area contributed by atoms with Crippen molar-refractivity contribution in [3.05, 3.63) is 29.8 Å². The lowest BCUT2D eigenvalue weighted by Gasteiger charge is -2.35. The average Bonchev–Trinajstić information content (AvgIpc) is 2.96. The summed E-state index contributed by atoms with van der Waals surface area (Å²) >= 11 is 0. The maximum atomic E-state index is 13.4. The fraction of sp³-hybridized carbons (Fsp3) is 0.625. The predicted molar refractivity (Wildman–Crippen MR) is 117 cm³/mol. The number of para-hydroxylation sites is 1. The summed E-state index contributed by atoms with van der Waals surface area (Å²) in [7, 11) is 1.80. The number of nitrogens with zero attached hydrogens (tertiary/aromatic N) is 2. The molecule has 0 radical (unpaired) electrons. The van der Waals surface area contributed by atoms with Gasteiger partial charge in [-0.05, 0) is 37.3 Å². The van der Waals surface area contributed by atoms with Crippen LogP contribution in [0.5, 0.6) is 5.75 Å². The van der Waals surface area contributed by atoms with Gasteiger partial charge in [-0.25, -0.2) is 0 Å². The van der Waals surface area contributed by atoms with Gasteiger partial charge in [0.25, 0.3) is 5.91 Å². The van der Waals surface area contributed by atoms with Gasteiger partial charge in [0.15, 0.2) is 0 Å². The smallest absolute Gasteiger partial charge is 0.258 e. The number of hydrogen-bond donors (Lipinski definition) is 1. The number of carbonyl (C=O) groups excluding carboxylic acids is 3. The van der Waals surface area contributed by atoms with Crippen molar-refractivity contribution in [1.82, 2.24) is 15.1 Å². The van der Waals surface area contributed by atoms with E-state index in [1.165, 1.54) is 6.42 Å². The maximum Gasteiger partial charge on any atom is 0.258 e. The van der Waals surface area contributed by atoms with Crippen LogP contribution in [0.15, 0.2) is 24.3 Å². The summed E-state index contributed by atoms with van der Waals surface area (Å²) in [6.07, 6.45) is 5.97. The molecule has 2 heterocycles. The molecule has 31 heavy (non-hydrogen) atoms. The standard InChI is InChI=1S/C24H33N3O4/c1-17-7-3-5-9-19(17)25-21(28)15-27-16-24(12-11-22(29)26(2)14-13-24)31-20-10-6-4-8-18(20)23(27)30/h4,6,8,10,17,19H,3,5,7,9,11-16H2,1-2H3,(H,25,28)/t17-,19+,24-/m0/s1. The van der Waals surface area contributed by atoms with Crippen LogP contribution in [0.3, 0.4) is 0 Å². The van der Waals surface area contributed by atoms with Crippen LogP contribution in [0.1, 0.15) is 62.2 Å². The topological polar surface area (TPSA) is 79.0 Å². The van der Waals surface area contributed by atoms with Crippen molar-refractivity contribution in [2.75, 3.05) is 26.7 Å². The molecule has 3 amide bonds. The zero-order chi connectivity index (χ0) is 22.0. The van der Waals surface area contributed by atoms with Crippen molar-refractivity contribution in [2.24, 2.45) is 5.92 Å². The molecule has 3 atom stereocenters. The molecule has 168 valence electrons. The molecule has 1 saturated carbocycles. The van der Waals surface area contributed by atoms with Gasteiger partial charge in [-0.1, -0.05) is 31.9 Å². The Labute approximate surface area is 184 Å². The molecule has 7 nitrogen and oxygen atoms in total. The van der Waals surface area contributed by atoms with Crippen LogP contribution < -0.4 is 10.1 Å². The number of carbonyl (C=O) groups is 3. The zero-order valence-corrected chi connectivity index (χ0v) is 18.6. The van der Waals surface area contributed by atoms with E-state index < -0.39 is 5.60 Å². The number of hydrogen-bond acceptors (Lipinski definition) is 4. The van der Waals surface area contributed by atoms with Crippen molar-refractivity contribution < 1.29 is 19.1 Å². The van der Waals surface area contributed by atoms with Gasteiger partial charge in [0.2, 0.25) is 11.8 Å². The zero-order valence-electron chi connectivity index (χ0n) is 18.6. The molecule has 0 aromatic heterocycles. The Balaban J connectivity index is 1.56. The number of benzene rings is 1. The molecule has 1 saturated heterocycles. The summed E-state index contributed by atoms with van der Waals surface area (Å²) in [5.41, 5.74) is -0.205. The highest BCUT2D eigenvalue weighted by molar-refractivity contribution is 5.99. The summed E-state index contributed by atoms with van der Waals surface area (Å²) in [6, 6.07) is 7.38. The van der Waals surface area contributed by atoms with Crippen LogP contribution in [0.4, 0.5) is 0 Å². The van der Waals surface area contributed by atoms with Crippen molar-refractivity contribution in [1.29, 1.82) is 0 Å². The molecule has 3 aliphatic rings.